The summed E-state index contributed by atoms with van der Waals surface area (Å²) in [6, 6.07) is 4.29. The van der Waals surface area contributed by atoms with Gasteiger partial charge in [0.2, 0.25) is 15.9 Å². The van der Waals surface area contributed by atoms with Crippen LogP contribution in [0.2, 0.25) is 0 Å². The van der Waals surface area contributed by atoms with Crippen molar-refractivity contribution in [2.75, 3.05) is 19.6 Å². The zero-order chi connectivity index (χ0) is 18.9. The van der Waals surface area contributed by atoms with Gasteiger partial charge in [-0.15, -0.1) is 11.3 Å². The van der Waals surface area contributed by atoms with Crippen LogP contribution in [0.4, 0.5) is 0 Å². The van der Waals surface area contributed by atoms with Gasteiger partial charge in [-0.05, 0) is 50.0 Å². The Morgan fingerprint density at radius 3 is 2.37 bits per heavy atom. The second-order valence-electron chi connectivity index (χ2n) is 8.07. The van der Waals surface area contributed by atoms with Gasteiger partial charge in [-0.3, -0.25) is 9.69 Å². The van der Waals surface area contributed by atoms with E-state index in [4.69, 9.17) is 0 Å². The molecule has 1 amide bonds. The summed E-state index contributed by atoms with van der Waals surface area (Å²) in [4.78, 5) is 17.3. The molecule has 8 heteroatoms. The van der Waals surface area contributed by atoms with E-state index in [0.29, 0.717) is 22.8 Å². The van der Waals surface area contributed by atoms with Crippen LogP contribution in [0.25, 0.3) is 0 Å². The number of carbonyl (C=O) groups is 1. The highest BCUT2D eigenvalue weighted by Gasteiger charge is 2.39. The van der Waals surface area contributed by atoms with Gasteiger partial charge in [0.1, 0.15) is 4.21 Å². The fourth-order valence-electron chi connectivity index (χ4n) is 4.42. The molecule has 150 valence electrons. The Morgan fingerprint density at radius 1 is 1.11 bits per heavy atom. The zero-order valence-corrected chi connectivity index (χ0v) is 17.3. The third-order valence-electron chi connectivity index (χ3n) is 5.97. The van der Waals surface area contributed by atoms with Crippen molar-refractivity contribution in [3.8, 4) is 0 Å². The number of hydrogen-bond donors (Lipinski definition) is 1. The molecule has 1 N–H and O–H groups in total. The average Bonchev–Trinajstić information content (AvgIpc) is 3.11. The Morgan fingerprint density at radius 2 is 1.78 bits per heavy atom. The molecule has 0 spiro atoms. The Labute approximate surface area is 166 Å². The lowest BCUT2D eigenvalue weighted by Gasteiger charge is -2.35. The minimum Gasteiger partial charge on any atom is -0.336 e. The molecule has 1 aromatic rings. The molecule has 27 heavy (non-hydrogen) atoms. The van der Waals surface area contributed by atoms with Gasteiger partial charge in [-0.2, -0.15) is 0 Å². The second kappa shape index (κ2) is 8.19. The Bertz CT molecular complexity index is 732. The number of piperidine rings is 1. The number of carbonyl (C=O) groups excluding carboxylic acids is 1. The van der Waals surface area contributed by atoms with E-state index < -0.39 is 10.0 Å². The molecular weight excluding hydrogens is 382 g/mol. The molecule has 3 fully saturated rings. The molecule has 3 aliphatic rings. The summed E-state index contributed by atoms with van der Waals surface area (Å²) in [6.07, 6.45) is 8.65. The van der Waals surface area contributed by atoms with E-state index in [0.717, 1.165) is 51.6 Å². The first-order valence-corrected chi connectivity index (χ1v) is 12.5. The van der Waals surface area contributed by atoms with Crippen LogP contribution in [-0.2, 0) is 14.8 Å². The predicted molar refractivity (Wildman–Crippen MR) is 106 cm³/mol. The van der Waals surface area contributed by atoms with Gasteiger partial charge < -0.3 is 4.90 Å². The maximum atomic E-state index is 12.9. The third kappa shape index (κ3) is 4.72. The summed E-state index contributed by atoms with van der Waals surface area (Å²) in [5, 5.41) is 1.78. The van der Waals surface area contributed by atoms with Gasteiger partial charge in [0, 0.05) is 31.2 Å². The number of amides is 1. The molecule has 2 heterocycles. The number of nitrogens with one attached hydrogen (secondary N) is 1. The van der Waals surface area contributed by atoms with E-state index in [9.17, 15) is 13.2 Å². The molecule has 2 aliphatic carbocycles. The summed E-state index contributed by atoms with van der Waals surface area (Å²) in [7, 11) is -3.41. The summed E-state index contributed by atoms with van der Waals surface area (Å²) in [5.74, 6) is 0.280. The highest BCUT2D eigenvalue weighted by atomic mass is 32.2. The van der Waals surface area contributed by atoms with Crippen LogP contribution in [0.1, 0.15) is 51.4 Å². The van der Waals surface area contributed by atoms with Crippen molar-refractivity contribution in [3.63, 3.8) is 0 Å². The molecular formula is C19H29N3O3S2. The van der Waals surface area contributed by atoms with Crippen molar-refractivity contribution < 1.29 is 13.2 Å². The quantitative estimate of drug-likeness (QED) is 0.748. The van der Waals surface area contributed by atoms with Gasteiger partial charge >= 0.3 is 0 Å². The standard InChI is InChI=1S/C19H29N3O3S2/c23-18(22(17-7-8-17)16-4-1-2-5-16)14-21-11-9-15(10-12-21)20-27(24,25)19-6-3-13-26-19/h3,6,13,15-17,20H,1-2,4-5,7-12,14H2. The van der Waals surface area contributed by atoms with Crippen molar-refractivity contribution in [2.45, 2.75) is 73.7 Å². The molecule has 2 saturated carbocycles. The van der Waals surface area contributed by atoms with E-state index in [-0.39, 0.29) is 11.9 Å². The Hall–Kier alpha value is -0.960. The summed E-state index contributed by atoms with van der Waals surface area (Å²) < 4.78 is 27.9. The van der Waals surface area contributed by atoms with Gasteiger partial charge in [0.15, 0.2) is 0 Å². The first kappa shape index (κ1) is 19.4. The van der Waals surface area contributed by atoms with Crippen molar-refractivity contribution in [1.29, 1.82) is 0 Å². The molecule has 6 nitrogen and oxygen atoms in total. The van der Waals surface area contributed by atoms with Crippen LogP contribution in [0.3, 0.4) is 0 Å². The molecule has 1 aromatic heterocycles. The van der Waals surface area contributed by atoms with Crippen LogP contribution in [-0.4, -0.2) is 61.9 Å². The van der Waals surface area contributed by atoms with E-state index >= 15 is 0 Å². The van der Waals surface area contributed by atoms with E-state index in [1.165, 1.54) is 24.2 Å². The van der Waals surface area contributed by atoms with Gasteiger partial charge in [-0.1, -0.05) is 18.9 Å². The van der Waals surface area contributed by atoms with Crippen molar-refractivity contribution in [1.82, 2.24) is 14.5 Å². The highest BCUT2D eigenvalue weighted by Crippen LogP contribution is 2.34. The number of hydrogen-bond acceptors (Lipinski definition) is 5. The maximum Gasteiger partial charge on any atom is 0.250 e. The number of thiophene rings is 1. The minimum absolute atomic E-state index is 0.0437. The molecule has 0 unspecified atom stereocenters. The smallest absolute Gasteiger partial charge is 0.250 e. The van der Waals surface area contributed by atoms with E-state index in [2.05, 4.69) is 14.5 Å². The highest BCUT2D eigenvalue weighted by molar-refractivity contribution is 7.91. The fraction of sp³-hybridized carbons (Fsp3) is 0.737. The molecule has 1 saturated heterocycles. The predicted octanol–water partition coefficient (Wildman–Crippen LogP) is 2.42. The van der Waals surface area contributed by atoms with Gasteiger partial charge in [0.05, 0.1) is 6.54 Å². The number of rotatable bonds is 7. The monoisotopic (exact) mass is 411 g/mol. The second-order valence-corrected chi connectivity index (χ2v) is 11.0. The van der Waals surface area contributed by atoms with E-state index in [1.807, 2.05) is 0 Å². The summed E-state index contributed by atoms with van der Waals surface area (Å²) in [6.45, 7) is 2.02. The number of sulfonamides is 1. The average molecular weight is 412 g/mol. The summed E-state index contributed by atoms with van der Waals surface area (Å²) in [5.41, 5.74) is 0. The normalized spacial score (nSPS) is 23.0. The summed E-state index contributed by atoms with van der Waals surface area (Å²) >= 11 is 1.24. The van der Waals surface area contributed by atoms with Gasteiger partial charge in [-0.25, -0.2) is 13.1 Å². The molecule has 0 atom stereocenters. The van der Waals surface area contributed by atoms with Gasteiger partial charge in [0.25, 0.3) is 0 Å². The lowest BCUT2D eigenvalue weighted by molar-refractivity contribution is -0.135. The number of likely N-dealkylation sites (tertiary alicyclic amines) is 1. The van der Waals surface area contributed by atoms with Crippen molar-refractivity contribution >= 4 is 27.3 Å². The van der Waals surface area contributed by atoms with Crippen LogP contribution >= 0.6 is 11.3 Å². The number of nitrogens with zero attached hydrogens (tertiary/aromatic N) is 2. The molecule has 0 aromatic carbocycles. The topological polar surface area (TPSA) is 69.7 Å². The van der Waals surface area contributed by atoms with E-state index in [1.54, 1.807) is 17.5 Å². The van der Waals surface area contributed by atoms with Crippen LogP contribution in [0, 0.1) is 0 Å². The van der Waals surface area contributed by atoms with Crippen LogP contribution in [0.15, 0.2) is 21.7 Å². The SMILES string of the molecule is O=C(CN1CCC(NS(=O)(=O)c2cccs2)CC1)N(C1CCCC1)C1CC1. The zero-order valence-electron chi connectivity index (χ0n) is 15.7. The third-order valence-corrected chi connectivity index (χ3v) is 8.89. The molecule has 1 aliphatic heterocycles. The molecule has 0 bridgehead atoms. The fourth-order valence-corrected chi connectivity index (χ4v) is 6.73. The first-order valence-electron chi connectivity index (χ1n) is 10.1. The van der Waals surface area contributed by atoms with Crippen molar-refractivity contribution in [2.24, 2.45) is 0 Å². The Balaban J connectivity index is 1.27. The first-order chi connectivity index (χ1) is 13.0. The minimum atomic E-state index is -3.41. The van der Waals surface area contributed by atoms with Crippen molar-refractivity contribution in [3.05, 3.63) is 17.5 Å². The van der Waals surface area contributed by atoms with Crippen LogP contribution in [0.5, 0.6) is 0 Å². The largest absolute Gasteiger partial charge is 0.336 e. The Kier molecular flexibility index (Phi) is 5.87. The van der Waals surface area contributed by atoms with Crippen LogP contribution < -0.4 is 4.72 Å². The maximum absolute atomic E-state index is 12.9. The lowest BCUT2D eigenvalue weighted by Crippen LogP contribution is -2.50. The molecule has 4 rings (SSSR count). The lowest BCUT2D eigenvalue weighted by atomic mass is 10.1. The molecule has 0 radical (unpaired) electrons.